The maximum Gasteiger partial charge on any atom is 0.138 e. The van der Waals surface area contributed by atoms with Crippen LogP contribution < -0.4 is 5.32 Å². The highest BCUT2D eigenvalue weighted by Crippen LogP contribution is 2.30. The van der Waals surface area contributed by atoms with E-state index < -0.39 is 0 Å². The van der Waals surface area contributed by atoms with Gasteiger partial charge in [0.15, 0.2) is 0 Å². The van der Waals surface area contributed by atoms with Gasteiger partial charge < -0.3 is 5.32 Å². The van der Waals surface area contributed by atoms with Gasteiger partial charge in [0, 0.05) is 6.04 Å². The Hall–Kier alpha value is -0.250. The molecule has 1 atom stereocenters. The van der Waals surface area contributed by atoms with E-state index in [9.17, 15) is 4.39 Å². The fraction of sp³-hybridized carbons (Fsp3) is 0.538. The van der Waals surface area contributed by atoms with Gasteiger partial charge in [0.1, 0.15) is 5.82 Å². The fourth-order valence-corrected chi connectivity index (χ4v) is 3.28. The third-order valence-electron chi connectivity index (χ3n) is 3.16. The molecular weight excluding hydrogens is 257 g/mol. The van der Waals surface area contributed by atoms with Gasteiger partial charge in [-0.15, -0.1) is 11.8 Å². The van der Waals surface area contributed by atoms with Gasteiger partial charge in [0.2, 0.25) is 0 Å². The molecule has 0 spiro atoms. The number of hydrogen-bond acceptors (Lipinski definition) is 2. The summed E-state index contributed by atoms with van der Waals surface area (Å²) < 4.78 is 13.7. The molecule has 1 aliphatic heterocycles. The van der Waals surface area contributed by atoms with E-state index in [4.69, 9.17) is 11.6 Å². The molecule has 1 aromatic carbocycles. The fourth-order valence-electron chi connectivity index (χ4n) is 2.31. The highest BCUT2D eigenvalue weighted by molar-refractivity contribution is 7.98. The molecule has 94 valence electrons. The Bertz CT molecular complexity index is 368. The van der Waals surface area contributed by atoms with Gasteiger partial charge in [0.25, 0.3) is 0 Å². The van der Waals surface area contributed by atoms with Crippen LogP contribution in [0.4, 0.5) is 4.39 Å². The molecule has 1 saturated heterocycles. The van der Waals surface area contributed by atoms with Crippen molar-refractivity contribution in [2.75, 3.05) is 12.8 Å². The van der Waals surface area contributed by atoms with Crippen molar-refractivity contribution >= 4 is 23.4 Å². The van der Waals surface area contributed by atoms with Crippen LogP contribution >= 0.6 is 23.4 Å². The van der Waals surface area contributed by atoms with Gasteiger partial charge in [0.05, 0.1) is 9.92 Å². The smallest absolute Gasteiger partial charge is 0.138 e. The molecule has 1 aliphatic rings. The summed E-state index contributed by atoms with van der Waals surface area (Å²) in [6, 6.07) is 3.99. The minimum atomic E-state index is -0.198. The monoisotopic (exact) mass is 273 g/mol. The predicted molar refractivity (Wildman–Crippen MR) is 72.5 cm³/mol. The standard InChI is InChI=1S/C13H17ClFNS/c1-17-13-11(14)7-9(8-12(13)15)6-10-4-2-3-5-16-10/h7-8,10,16H,2-6H2,1H3. The van der Waals surface area contributed by atoms with Gasteiger partial charge >= 0.3 is 0 Å². The maximum absolute atomic E-state index is 13.7. The van der Waals surface area contributed by atoms with E-state index in [1.54, 1.807) is 6.07 Å². The van der Waals surface area contributed by atoms with Crippen molar-refractivity contribution in [2.24, 2.45) is 0 Å². The molecule has 0 aliphatic carbocycles. The zero-order valence-corrected chi connectivity index (χ0v) is 11.5. The normalized spacial score (nSPS) is 20.5. The first kappa shape index (κ1) is 13.2. The molecule has 1 N–H and O–H groups in total. The van der Waals surface area contributed by atoms with Crippen LogP contribution in [0.3, 0.4) is 0 Å². The zero-order valence-electron chi connectivity index (χ0n) is 9.93. The van der Waals surface area contributed by atoms with Crippen molar-refractivity contribution in [3.05, 3.63) is 28.5 Å². The van der Waals surface area contributed by atoms with E-state index in [1.165, 1.54) is 31.0 Å². The van der Waals surface area contributed by atoms with Gasteiger partial charge in [-0.2, -0.15) is 0 Å². The van der Waals surface area contributed by atoms with E-state index in [0.29, 0.717) is 16.0 Å². The van der Waals surface area contributed by atoms with Gasteiger partial charge in [-0.3, -0.25) is 0 Å². The second-order valence-electron chi connectivity index (χ2n) is 4.44. The van der Waals surface area contributed by atoms with Crippen molar-refractivity contribution in [3.8, 4) is 0 Å². The summed E-state index contributed by atoms with van der Waals surface area (Å²) in [5.41, 5.74) is 0.990. The summed E-state index contributed by atoms with van der Waals surface area (Å²) in [6.07, 6.45) is 6.38. The molecule has 1 fully saturated rings. The first-order valence-corrected chi connectivity index (χ1v) is 7.56. The highest BCUT2D eigenvalue weighted by atomic mass is 35.5. The van der Waals surface area contributed by atoms with Gasteiger partial charge in [-0.05, 0) is 49.8 Å². The van der Waals surface area contributed by atoms with E-state index in [0.717, 1.165) is 18.5 Å². The van der Waals surface area contributed by atoms with Crippen LogP contribution in [0.15, 0.2) is 17.0 Å². The number of benzene rings is 1. The lowest BCUT2D eigenvalue weighted by Crippen LogP contribution is -2.35. The Morgan fingerprint density at radius 2 is 2.29 bits per heavy atom. The van der Waals surface area contributed by atoms with E-state index in [1.807, 2.05) is 12.3 Å². The van der Waals surface area contributed by atoms with Gasteiger partial charge in [-0.1, -0.05) is 18.0 Å². The molecular formula is C13H17ClFNS. The second kappa shape index (κ2) is 6.07. The van der Waals surface area contributed by atoms with E-state index in [2.05, 4.69) is 5.32 Å². The topological polar surface area (TPSA) is 12.0 Å². The summed E-state index contributed by atoms with van der Waals surface area (Å²) in [5, 5.41) is 4.00. The largest absolute Gasteiger partial charge is 0.314 e. The van der Waals surface area contributed by atoms with E-state index in [-0.39, 0.29) is 5.82 Å². The average molecular weight is 274 g/mol. The first-order valence-electron chi connectivity index (χ1n) is 5.96. The van der Waals surface area contributed by atoms with Crippen molar-refractivity contribution < 1.29 is 4.39 Å². The lowest BCUT2D eigenvalue weighted by atomic mass is 9.98. The summed E-state index contributed by atoms with van der Waals surface area (Å²) in [4.78, 5) is 0.548. The Morgan fingerprint density at radius 3 is 2.88 bits per heavy atom. The van der Waals surface area contributed by atoms with Crippen LogP contribution in [0.2, 0.25) is 5.02 Å². The lowest BCUT2D eigenvalue weighted by Gasteiger charge is -2.23. The number of halogens is 2. The van der Waals surface area contributed by atoms with Crippen LogP contribution in [0, 0.1) is 5.82 Å². The molecule has 4 heteroatoms. The van der Waals surface area contributed by atoms with Crippen LogP contribution in [0.1, 0.15) is 24.8 Å². The van der Waals surface area contributed by atoms with Crippen LogP contribution in [-0.2, 0) is 6.42 Å². The molecule has 0 aromatic heterocycles. The molecule has 0 saturated carbocycles. The van der Waals surface area contributed by atoms with Crippen LogP contribution in [-0.4, -0.2) is 18.8 Å². The molecule has 1 nitrogen and oxygen atoms in total. The molecule has 1 aromatic rings. The molecule has 1 unspecified atom stereocenters. The number of thioether (sulfide) groups is 1. The molecule has 0 bridgehead atoms. The number of rotatable bonds is 3. The van der Waals surface area contributed by atoms with Gasteiger partial charge in [-0.25, -0.2) is 4.39 Å². The van der Waals surface area contributed by atoms with E-state index >= 15 is 0 Å². The molecule has 0 amide bonds. The first-order chi connectivity index (χ1) is 8.20. The quantitative estimate of drug-likeness (QED) is 0.839. The number of nitrogens with one attached hydrogen (secondary N) is 1. The van der Waals surface area contributed by atoms with Crippen LogP contribution in [0.25, 0.3) is 0 Å². The van der Waals surface area contributed by atoms with Crippen molar-refractivity contribution in [1.82, 2.24) is 5.32 Å². The summed E-state index contributed by atoms with van der Waals surface area (Å²) in [5.74, 6) is -0.198. The van der Waals surface area contributed by atoms with Crippen molar-refractivity contribution in [1.29, 1.82) is 0 Å². The Kier molecular flexibility index (Phi) is 4.71. The van der Waals surface area contributed by atoms with Crippen molar-refractivity contribution in [3.63, 3.8) is 0 Å². The Labute approximate surface area is 111 Å². The Balaban J connectivity index is 2.10. The average Bonchev–Trinajstić information content (AvgIpc) is 2.30. The lowest BCUT2D eigenvalue weighted by molar-refractivity contribution is 0.399. The summed E-state index contributed by atoms with van der Waals surface area (Å²) in [7, 11) is 0. The molecule has 1 heterocycles. The zero-order chi connectivity index (χ0) is 12.3. The second-order valence-corrected chi connectivity index (χ2v) is 5.67. The SMILES string of the molecule is CSc1c(F)cc(CC2CCCCN2)cc1Cl. The van der Waals surface area contributed by atoms with Crippen molar-refractivity contribution in [2.45, 2.75) is 36.6 Å². The summed E-state index contributed by atoms with van der Waals surface area (Å²) in [6.45, 7) is 1.07. The highest BCUT2D eigenvalue weighted by Gasteiger charge is 2.15. The molecule has 2 rings (SSSR count). The number of hydrogen-bond donors (Lipinski definition) is 1. The maximum atomic E-state index is 13.7. The predicted octanol–water partition coefficient (Wildman–Crippen LogP) is 3.89. The number of piperidine rings is 1. The third-order valence-corrected chi connectivity index (χ3v) is 4.39. The minimum absolute atomic E-state index is 0.198. The molecule has 17 heavy (non-hydrogen) atoms. The minimum Gasteiger partial charge on any atom is -0.314 e. The summed E-state index contributed by atoms with van der Waals surface area (Å²) >= 11 is 7.43. The third kappa shape index (κ3) is 3.36. The Morgan fingerprint density at radius 1 is 1.47 bits per heavy atom. The van der Waals surface area contributed by atoms with Crippen LogP contribution in [0.5, 0.6) is 0 Å². The molecule has 0 radical (unpaired) electrons.